The number of hydrogen-bond acceptors (Lipinski definition) is 2. The van der Waals surface area contributed by atoms with Gasteiger partial charge in [-0.1, -0.05) is 12.1 Å². The van der Waals surface area contributed by atoms with E-state index >= 15 is 0 Å². The van der Waals surface area contributed by atoms with Gasteiger partial charge in [0.15, 0.2) is 11.6 Å². The van der Waals surface area contributed by atoms with Crippen LogP contribution in [0.1, 0.15) is 11.7 Å². The molecule has 0 spiro atoms. The predicted molar refractivity (Wildman–Crippen MR) is 47.6 cm³/mol. The van der Waals surface area contributed by atoms with Crippen LogP contribution in [0.4, 0.5) is 8.78 Å². The van der Waals surface area contributed by atoms with E-state index in [2.05, 4.69) is 0 Å². The van der Waals surface area contributed by atoms with Gasteiger partial charge in [0.1, 0.15) is 0 Å². The molecule has 0 saturated heterocycles. The lowest BCUT2D eigenvalue weighted by atomic mass is 10.1. The van der Waals surface area contributed by atoms with Gasteiger partial charge in [-0.2, -0.15) is 0 Å². The van der Waals surface area contributed by atoms with E-state index < -0.39 is 17.7 Å². The van der Waals surface area contributed by atoms with Crippen LogP contribution in [0.15, 0.2) is 18.2 Å². The summed E-state index contributed by atoms with van der Waals surface area (Å²) < 4.78 is 25.4. The summed E-state index contributed by atoms with van der Waals surface area (Å²) in [4.78, 5) is 0. The van der Waals surface area contributed by atoms with Gasteiger partial charge in [0.2, 0.25) is 0 Å². The molecule has 0 aliphatic rings. The number of halogens is 3. The molecular weight excluding hydrogens is 200 g/mol. The van der Waals surface area contributed by atoms with Crippen LogP contribution in [0.3, 0.4) is 0 Å². The van der Waals surface area contributed by atoms with Crippen LogP contribution in [0.25, 0.3) is 0 Å². The number of nitrogens with two attached hydrogens (primary N) is 1. The molecule has 0 radical (unpaired) electrons. The number of aliphatic hydroxyl groups excluding tert-OH is 1. The lowest BCUT2D eigenvalue weighted by Gasteiger charge is -2.08. The summed E-state index contributed by atoms with van der Waals surface area (Å²) in [5.41, 5.74) is 4.98. The van der Waals surface area contributed by atoms with Gasteiger partial charge < -0.3 is 10.8 Å². The van der Waals surface area contributed by atoms with Crippen LogP contribution in [-0.2, 0) is 0 Å². The minimum atomic E-state index is -1.14. The maximum Gasteiger partial charge on any atom is 0.164 e. The highest BCUT2D eigenvalue weighted by molar-refractivity contribution is 5.85. The summed E-state index contributed by atoms with van der Waals surface area (Å²) >= 11 is 0. The summed E-state index contributed by atoms with van der Waals surface area (Å²) in [6, 6.07) is 3.62. The Morgan fingerprint density at radius 2 is 2.00 bits per heavy atom. The lowest BCUT2D eigenvalue weighted by Crippen LogP contribution is -2.13. The van der Waals surface area contributed by atoms with Gasteiger partial charge in [-0.3, -0.25) is 0 Å². The fraction of sp³-hybridized carbons (Fsp3) is 0.250. The molecule has 3 N–H and O–H groups in total. The van der Waals surface area contributed by atoms with Crippen LogP contribution >= 0.6 is 12.4 Å². The summed E-state index contributed by atoms with van der Waals surface area (Å²) in [7, 11) is 0. The Labute approximate surface area is 80.8 Å². The molecule has 74 valence electrons. The second kappa shape index (κ2) is 5.11. The zero-order valence-corrected chi connectivity index (χ0v) is 7.52. The van der Waals surface area contributed by atoms with Gasteiger partial charge in [-0.25, -0.2) is 8.78 Å². The van der Waals surface area contributed by atoms with E-state index in [0.29, 0.717) is 0 Å². The third kappa shape index (κ3) is 2.62. The van der Waals surface area contributed by atoms with Crippen molar-refractivity contribution < 1.29 is 13.9 Å². The second-order valence-electron chi connectivity index (χ2n) is 2.39. The van der Waals surface area contributed by atoms with Crippen LogP contribution < -0.4 is 5.73 Å². The molecule has 1 unspecified atom stereocenters. The van der Waals surface area contributed by atoms with Crippen molar-refractivity contribution in [2.75, 3.05) is 6.54 Å². The molecule has 1 atom stereocenters. The van der Waals surface area contributed by atoms with Crippen LogP contribution in [0, 0.1) is 11.6 Å². The predicted octanol–water partition coefficient (Wildman–Crippen LogP) is 1.38. The Hall–Kier alpha value is -0.710. The largest absolute Gasteiger partial charge is 0.387 e. The quantitative estimate of drug-likeness (QED) is 0.773. The Morgan fingerprint density at radius 3 is 2.54 bits per heavy atom. The average Bonchev–Trinajstić information content (AvgIpc) is 2.08. The van der Waals surface area contributed by atoms with E-state index in [9.17, 15) is 8.78 Å². The number of rotatable bonds is 2. The van der Waals surface area contributed by atoms with Gasteiger partial charge in [0.25, 0.3) is 0 Å². The number of aliphatic hydroxyl groups is 1. The molecule has 0 fully saturated rings. The molecule has 0 aliphatic heterocycles. The van der Waals surface area contributed by atoms with Crippen molar-refractivity contribution in [2.45, 2.75) is 6.10 Å². The topological polar surface area (TPSA) is 46.2 Å². The third-order valence-corrected chi connectivity index (χ3v) is 1.56. The number of hydrogen-bond donors (Lipinski definition) is 2. The van der Waals surface area contributed by atoms with E-state index in [1.165, 1.54) is 12.1 Å². The van der Waals surface area contributed by atoms with Crippen molar-refractivity contribution in [3.05, 3.63) is 35.4 Å². The third-order valence-electron chi connectivity index (χ3n) is 1.56. The molecular formula is C8H10ClF2NO. The molecule has 13 heavy (non-hydrogen) atoms. The first kappa shape index (κ1) is 12.3. The summed E-state index contributed by atoms with van der Waals surface area (Å²) in [5, 5.41) is 9.10. The zero-order valence-electron chi connectivity index (χ0n) is 6.71. The molecule has 5 heteroatoms. The summed E-state index contributed by atoms with van der Waals surface area (Å²) in [5.74, 6) is -2.00. The standard InChI is InChI=1S/C8H9F2NO.ClH/c9-6-3-1-2-5(8(6)10)7(12)4-11;/h1-3,7,12H,4,11H2;1H. The smallest absolute Gasteiger partial charge is 0.164 e. The van der Waals surface area contributed by atoms with Gasteiger partial charge in [0, 0.05) is 12.1 Å². The maximum absolute atomic E-state index is 12.8. The van der Waals surface area contributed by atoms with Gasteiger partial charge >= 0.3 is 0 Å². The van der Waals surface area contributed by atoms with E-state index in [-0.39, 0.29) is 24.5 Å². The highest BCUT2D eigenvalue weighted by Crippen LogP contribution is 2.17. The van der Waals surface area contributed by atoms with Crippen LogP contribution in [0.5, 0.6) is 0 Å². The molecule has 1 aromatic carbocycles. The maximum atomic E-state index is 12.8. The SMILES string of the molecule is Cl.NCC(O)c1cccc(F)c1F. The van der Waals surface area contributed by atoms with Crippen molar-refractivity contribution >= 4 is 12.4 Å². The second-order valence-corrected chi connectivity index (χ2v) is 2.39. The average molecular weight is 210 g/mol. The highest BCUT2D eigenvalue weighted by atomic mass is 35.5. The molecule has 1 rings (SSSR count). The highest BCUT2D eigenvalue weighted by Gasteiger charge is 2.13. The van der Waals surface area contributed by atoms with Crippen LogP contribution in [0.2, 0.25) is 0 Å². The van der Waals surface area contributed by atoms with E-state index in [1.54, 1.807) is 0 Å². The van der Waals surface area contributed by atoms with Crippen molar-refractivity contribution in [1.82, 2.24) is 0 Å². The number of benzene rings is 1. The molecule has 1 aromatic rings. The molecule has 0 heterocycles. The molecule has 0 saturated carbocycles. The van der Waals surface area contributed by atoms with Gasteiger partial charge in [-0.05, 0) is 6.07 Å². The molecule has 0 aliphatic carbocycles. The van der Waals surface area contributed by atoms with Crippen molar-refractivity contribution in [1.29, 1.82) is 0 Å². The van der Waals surface area contributed by atoms with Crippen LogP contribution in [-0.4, -0.2) is 11.7 Å². The van der Waals surface area contributed by atoms with Gasteiger partial charge in [-0.15, -0.1) is 12.4 Å². The summed E-state index contributed by atoms with van der Waals surface area (Å²) in [6.07, 6.45) is -1.14. The Morgan fingerprint density at radius 1 is 1.38 bits per heavy atom. The van der Waals surface area contributed by atoms with Crippen molar-refractivity contribution in [3.63, 3.8) is 0 Å². The molecule has 0 amide bonds. The molecule has 0 aromatic heterocycles. The first-order valence-electron chi connectivity index (χ1n) is 3.49. The molecule has 2 nitrogen and oxygen atoms in total. The first-order chi connectivity index (χ1) is 5.66. The Balaban J connectivity index is 0.00000144. The normalized spacial score (nSPS) is 12.0. The summed E-state index contributed by atoms with van der Waals surface area (Å²) in [6.45, 7) is -0.125. The molecule has 0 bridgehead atoms. The van der Waals surface area contributed by atoms with E-state index in [1.807, 2.05) is 0 Å². The zero-order chi connectivity index (χ0) is 9.14. The first-order valence-corrected chi connectivity index (χ1v) is 3.49. The van der Waals surface area contributed by atoms with Crippen molar-refractivity contribution in [2.24, 2.45) is 5.73 Å². The monoisotopic (exact) mass is 209 g/mol. The Bertz CT molecular complexity index is 283. The van der Waals surface area contributed by atoms with E-state index in [4.69, 9.17) is 10.8 Å². The fourth-order valence-electron chi connectivity index (χ4n) is 0.905. The fourth-order valence-corrected chi connectivity index (χ4v) is 0.905. The van der Waals surface area contributed by atoms with Crippen molar-refractivity contribution in [3.8, 4) is 0 Å². The van der Waals surface area contributed by atoms with Gasteiger partial charge in [0.05, 0.1) is 6.10 Å². The Kier molecular flexibility index (Phi) is 4.83. The lowest BCUT2D eigenvalue weighted by molar-refractivity contribution is 0.180. The minimum absolute atomic E-state index is 0. The minimum Gasteiger partial charge on any atom is -0.387 e. The van der Waals surface area contributed by atoms with E-state index in [0.717, 1.165) is 6.07 Å².